The van der Waals surface area contributed by atoms with Crippen molar-refractivity contribution in [2.45, 2.75) is 41.5 Å². The second-order valence-electron chi connectivity index (χ2n) is 30.6. The zero-order valence-electron chi connectivity index (χ0n) is 69.6. The maximum Gasteiger partial charge on any atom is 0.399 e. The van der Waals surface area contributed by atoms with Gasteiger partial charge in [-0.05, 0) is 175 Å². The second-order valence-corrected chi connectivity index (χ2v) is 30.6. The van der Waals surface area contributed by atoms with Crippen LogP contribution in [0.15, 0.2) is 261 Å². The Morgan fingerprint density at radius 1 is 0.307 bits per heavy atom. The average molecular weight is 1490 g/mol. The summed E-state index contributed by atoms with van der Waals surface area (Å²) in [5.74, 6) is 8.91. The number of furan rings is 4. The molecule has 14 nitrogen and oxygen atoms in total. The van der Waals surface area contributed by atoms with E-state index in [1.165, 1.54) is 72.2 Å². The van der Waals surface area contributed by atoms with Gasteiger partial charge < -0.3 is 36.9 Å². The number of aryl methyl sites for hydroxylation is 10. The first-order valence-electron chi connectivity index (χ1n) is 40.2. The van der Waals surface area contributed by atoms with E-state index in [0.717, 1.165) is 98.0 Å². The number of hydrogen-bond acceptors (Lipinski definition) is 10. The highest BCUT2D eigenvalue weighted by atomic mass is 16.3. The van der Waals surface area contributed by atoms with Crippen LogP contribution < -0.4 is 83.2 Å². The summed E-state index contributed by atoms with van der Waals surface area (Å²) in [6.45, 7) is 8.57. The summed E-state index contributed by atoms with van der Waals surface area (Å²) >= 11 is 0. The number of aromatic nitrogens is 6. The van der Waals surface area contributed by atoms with Crippen molar-refractivity contribution in [2.24, 2.45) is 28.2 Å². The van der Waals surface area contributed by atoms with E-state index < -0.39 is 6.85 Å². The number of benzene rings is 6. The van der Waals surface area contributed by atoms with E-state index in [0.29, 0.717) is 17.0 Å². The van der Waals surface area contributed by atoms with Crippen molar-refractivity contribution in [3.05, 3.63) is 319 Å². The van der Waals surface area contributed by atoms with Crippen molar-refractivity contribution < 1.29 is 40.0 Å². The summed E-state index contributed by atoms with van der Waals surface area (Å²) in [6.07, 6.45) is 16.9. The SMILES string of the molecule is Cc1cc(B2C=c3oc4ccccc4c3=CN2C)[n+](C)cc1-c1ccccc1.Cc1ccc2c3c(oc2n1)=CN(C)B(c1cc(-c2ccccc2)c(C)c[n+]1C)C=3.Cc1ccc2c3c(oc2n1)=CN(C)B(c1cc(C)c(-c2ccccc2)c[n+]1C)C=3.[2H]C([2H])([2H])c1c[n+](C)c(B2C=c3oc4ccccc4c3=CN2C)cc1-c1ccccc1. The number of rotatable bonds is 8. The molecule has 6 aromatic carbocycles. The van der Waals surface area contributed by atoms with Crippen LogP contribution in [0.5, 0.6) is 0 Å². The van der Waals surface area contributed by atoms with Crippen LogP contribution >= 0.6 is 0 Å². The Balaban J connectivity index is 0.000000112. The lowest BCUT2D eigenvalue weighted by atomic mass is 9.55. The van der Waals surface area contributed by atoms with Crippen molar-refractivity contribution in [3.63, 3.8) is 0 Å². The quantitative estimate of drug-likeness (QED) is 0.110. The maximum absolute atomic E-state index is 8.05. The molecule has 0 amide bonds. The molecule has 0 N–H and O–H groups in total. The number of pyridine rings is 6. The van der Waals surface area contributed by atoms with Crippen LogP contribution in [0, 0.1) is 41.5 Å². The minimum atomic E-state index is -2.21. The lowest BCUT2D eigenvalue weighted by molar-refractivity contribution is -0.654. The third-order valence-corrected chi connectivity index (χ3v) is 22.6. The van der Waals surface area contributed by atoms with Crippen molar-refractivity contribution >= 4 is 143 Å². The summed E-state index contributed by atoms with van der Waals surface area (Å²) in [7, 11) is 16.6. The molecule has 0 saturated carbocycles. The molecule has 0 unspecified atom stereocenters. The normalized spacial score (nSPS) is 13.7. The van der Waals surface area contributed by atoms with E-state index in [2.05, 4.69) is 313 Å². The highest BCUT2D eigenvalue weighted by Gasteiger charge is 2.36. The molecule has 0 radical (unpaired) electrons. The molecule has 18 heteroatoms. The molecular weight excluding hydrogens is 1400 g/mol. The molecular formula is C96H90B4N10O4+4. The molecule has 0 bridgehead atoms. The first-order valence-corrected chi connectivity index (χ1v) is 38.7. The number of nitrogens with zero attached hydrogens (tertiary/aromatic N) is 10. The molecule has 16 aromatic rings. The highest BCUT2D eigenvalue weighted by molar-refractivity contribution is 6.84. The van der Waals surface area contributed by atoms with E-state index in [9.17, 15) is 0 Å². The van der Waals surface area contributed by atoms with E-state index in [1.54, 1.807) is 6.20 Å². The predicted molar refractivity (Wildman–Crippen MR) is 466 cm³/mol. The van der Waals surface area contributed by atoms with E-state index in [4.69, 9.17) is 21.8 Å². The second kappa shape index (κ2) is 30.5. The monoisotopic (exact) mass is 1490 g/mol. The fourth-order valence-electron chi connectivity index (χ4n) is 16.6. The Labute approximate surface area is 669 Å². The van der Waals surface area contributed by atoms with Crippen LogP contribution in [0.1, 0.15) is 37.8 Å². The Hall–Kier alpha value is -13.2. The fourth-order valence-corrected chi connectivity index (χ4v) is 16.6. The maximum atomic E-state index is 8.05. The van der Waals surface area contributed by atoms with Crippen molar-refractivity contribution in [1.82, 2.24) is 29.2 Å². The Morgan fingerprint density at radius 2 is 0.640 bits per heavy atom. The lowest BCUT2D eigenvalue weighted by Gasteiger charge is -2.21. The largest absolute Gasteiger partial charge is 0.457 e. The molecule has 4 aliphatic rings. The molecule has 4 aliphatic heterocycles. The van der Waals surface area contributed by atoms with Crippen molar-refractivity contribution in [3.8, 4) is 44.5 Å². The summed E-state index contributed by atoms with van der Waals surface area (Å²) in [6, 6.07) is 74.8. The molecule has 0 fully saturated rings. The van der Waals surface area contributed by atoms with Crippen LogP contribution in [0.25, 0.3) is 137 Å². The van der Waals surface area contributed by atoms with Crippen LogP contribution in [-0.2, 0) is 28.2 Å². The zero-order chi connectivity index (χ0) is 81.2. The van der Waals surface area contributed by atoms with Gasteiger partial charge >= 0.3 is 27.4 Å². The summed E-state index contributed by atoms with van der Waals surface area (Å²) in [5.41, 5.74) is 26.6. The van der Waals surface area contributed by atoms with Gasteiger partial charge in [-0.25, -0.2) is 28.2 Å². The van der Waals surface area contributed by atoms with Crippen molar-refractivity contribution in [1.29, 1.82) is 0 Å². The highest BCUT2D eigenvalue weighted by Crippen LogP contribution is 2.26. The van der Waals surface area contributed by atoms with Gasteiger partial charge in [0.2, 0.25) is 11.4 Å². The van der Waals surface area contributed by atoms with Crippen LogP contribution in [0.2, 0.25) is 0 Å². The van der Waals surface area contributed by atoms with Crippen molar-refractivity contribution in [2.75, 3.05) is 28.2 Å². The zero-order valence-corrected chi connectivity index (χ0v) is 66.6. The van der Waals surface area contributed by atoms with Gasteiger partial charge in [-0.3, -0.25) is 0 Å². The Bertz CT molecular complexity index is 7150. The molecule has 0 aliphatic carbocycles. The van der Waals surface area contributed by atoms with Gasteiger partial charge in [0.25, 0.3) is 0 Å². The molecule has 10 aromatic heterocycles. The van der Waals surface area contributed by atoms with Crippen LogP contribution in [0.3, 0.4) is 0 Å². The minimum absolute atomic E-state index is 0.0915. The molecule has 0 spiro atoms. The number of fused-ring (bicyclic) bond motifs is 12. The topological polar surface area (TPSA) is 107 Å². The van der Waals surface area contributed by atoms with Gasteiger partial charge in [0.1, 0.15) is 50.2 Å². The van der Waals surface area contributed by atoms with Gasteiger partial charge in [-0.2, -0.15) is 0 Å². The molecule has 556 valence electrons. The molecule has 0 saturated heterocycles. The first kappa shape index (κ1) is 70.0. The average Bonchev–Trinajstić information content (AvgIpc) is 1.67. The Kier molecular flexibility index (Phi) is 18.7. The van der Waals surface area contributed by atoms with Gasteiger partial charge in [-0.1, -0.05) is 170 Å². The van der Waals surface area contributed by atoms with Crippen LogP contribution in [-0.4, -0.2) is 84.8 Å². The minimum Gasteiger partial charge on any atom is -0.457 e. The Morgan fingerprint density at radius 3 is 1.04 bits per heavy atom. The molecule has 14 heterocycles. The third kappa shape index (κ3) is 14.1. The van der Waals surface area contributed by atoms with E-state index >= 15 is 0 Å². The smallest absolute Gasteiger partial charge is 0.399 e. The van der Waals surface area contributed by atoms with Crippen LogP contribution in [0.4, 0.5) is 0 Å². The summed E-state index contributed by atoms with van der Waals surface area (Å²) in [5, 5.41) is 8.87. The molecule has 20 rings (SSSR count). The van der Waals surface area contributed by atoms with Gasteiger partial charge in [0, 0.05) is 117 Å². The van der Waals surface area contributed by atoms with E-state index in [-0.39, 0.29) is 27.4 Å². The third-order valence-electron chi connectivity index (χ3n) is 22.6. The summed E-state index contributed by atoms with van der Waals surface area (Å²) < 4.78 is 57.0. The van der Waals surface area contributed by atoms with Gasteiger partial charge in [0.15, 0.2) is 58.0 Å². The van der Waals surface area contributed by atoms with E-state index in [1.807, 2.05) is 111 Å². The molecule has 114 heavy (non-hydrogen) atoms. The lowest BCUT2D eigenvalue weighted by Crippen LogP contribution is -2.61. The number of hydrogen-bond donors (Lipinski definition) is 0. The van der Waals surface area contributed by atoms with Gasteiger partial charge in [0.05, 0.1) is 0 Å². The number of para-hydroxylation sites is 2. The first-order chi connectivity index (χ1) is 56.5. The van der Waals surface area contributed by atoms with Gasteiger partial charge in [-0.15, -0.1) is 0 Å². The summed E-state index contributed by atoms with van der Waals surface area (Å²) in [4.78, 5) is 17.9. The fraction of sp³-hybridized carbons (Fsp3) is 0.146. The predicted octanol–water partition coefficient (Wildman–Crippen LogP) is 7.94. The molecule has 0 atom stereocenters. The standard InChI is InChI=1S/2C24H23BN3O.2C24H22BN2O/c1-16-14-27(3)23(12-20(16)18-8-6-5-7-9-18)25-13-21-19-11-10-17(2)26-24(19)29-22(21)15-28(25)4;1-16-12-23(27(3)14-21(16)18-8-6-5-7-9-18)25-13-20-19-11-10-17(2)26-24(19)29-22(20)15-28(25)4;1-17-15-26(2)24(13-20(17)18-9-5-4-6-10-18)25-14-23-21(16-27(25)3)19-11-7-8-12-22(19)28-23;1-17-13-24(26(2)15-20(17)18-9-5-4-6-10-18)25-14-23-21(16-27(25)3)19-11-7-8-12-22(19)28-23/h2*5-15H,1-4H3;2*4-16H,1-3H3/q4*+1/i;;1D3;.